The zero-order valence-corrected chi connectivity index (χ0v) is 18.7. The van der Waals surface area contributed by atoms with Gasteiger partial charge in [0.1, 0.15) is 0 Å². The minimum atomic E-state index is -0.486. The Bertz CT molecular complexity index is 1350. The maximum absolute atomic E-state index is 13.0. The molecule has 0 bridgehead atoms. The third kappa shape index (κ3) is 4.32. The molecule has 33 heavy (non-hydrogen) atoms. The number of thioether (sulfide) groups is 1. The number of hydrazone groups is 1. The van der Waals surface area contributed by atoms with Crippen molar-refractivity contribution in [2.45, 2.75) is 23.5 Å². The normalized spacial score (nSPS) is 13.9. The Morgan fingerprint density at radius 3 is 2.79 bits per heavy atom. The van der Waals surface area contributed by atoms with Crippen LogP contribution in [-0.4, -0.2) is 36.9 Å². The van der Waals surface area contributed by atoms with Gasteiger partial charge < -0.3 is 5.73 Å². The van der Waals surface area contributed by atoms with Crippen LogP contribution in [0.5, 0.6) is 0 Å². The van der Waals surface area contributed by atoms with Crippen LogP contribution in [0.25, 0.3) is 5.82 Å². The summed E-state index contributed by atoms with van der Waals surface area (Å²) in [4.78, 5) is 14.0. The number of amides is 1. The van der Waals surface area contributed by atoms with Gasteiger partial charge in [-0.1, -0.05) is 41.1 Å². The summed E-state index contributed by atoms with van der Waals surface area (Å²) in [7, 11) is 0. The molecule has 2 aromatic carbocycles. The number of hydrogen-bond acceptors (Lipinski definition) is 9. The number of nitrogens with zero attached hydrogens (tertiary/aromatic N) is 6. The van der Waals surface area contributed by atoms with Gasteiger partial charge in [0.2, 0.25) is 11.6 Å². The summed E-state index contributed by atoms with van der Waals surface area (Å²) in [6.07, 6.45) is 1.65. The summed E-state index contributed by atoms with van der Waals surface area (Å²) in [5, 5.41) is 20.5. The molecule has 0 unspecified atom stereocenters. The first kappa shape index (κ1) is 21.2. The molecule has 166 valence electrons. The Morgan fingerprint density at radius 1 is 1.18 bits per heavy atom. The molecule has 12 heteroatoms. The smallest absolute Gasteiger partial charge is 0.293 e. The molecule has 4 aromatic rings. The van der Waals surface area contributed by atoms with Crippen LogP contribution < -0.4 is 11.2 Å². The Balaban J connectivity index is 1.42. The number of carbonyl (C=O) groups is 1. The van der Waals surface area contributed by atoms with Gasteiger partial charge in [0, 0.05) is 21.2 Å². The van der Waals surface area contributed by atoms with Crippen LogP contribution in [0.1, 0.15) is 33.7 Å². The number of rotatable bonds is 6. The summed E-state index contributed by atoms with van der Waals surface area (Å²) in [5.74, 6) is 0.0554. The van der Waals surface area contributed by atoms with E-state index in [1.54, 1.807) is 12.1 Å². The van der Waals surface area contributed by atoms with Gasteiger partial charge in [-0.05, 0) is 53.0 Å². The molecule has 0 atom stereocenters. The molecule has 5 rings (SSSR count). The highest BCUT2D eigenvalue weighted by Gasteiger charge is 2.25. The lowest BCUT2D eigenvalue weighted by molar-refractivity contribution is 0.0949. The minimum absolute atomic E-state index is 0.0346. The van der Waals surface area contributed by atoms with Gasteiger partial charge in [0.25, 0.3) is 5.91 Å². The van der Waals surface area contributed by atoms with Gasteiger partial charge in [-0.3, -0.25) is 4.79 Å². The maximum atomic E-state index is 13.0. The molecule has 0 saturated heterocycles. The summed E-state index contributed by atoms with van der Waals surface area (Å²) >= 11 is 7.45. The quantitative estimate of drug-likeness (QED) is 0.317. The second-order valence-corrected chi connectivity index (χ2v) is 8.65. The Morgan fingerprint density at radius 2 is 2.00 bits per heavy atom. The van der Waals surface area contributed by atoms with Gasteiger partial charge in [0.05, 0.1) is 11.4 Å². The lowest BCUT2D eigenvalue weighted by Crippen LogP contribution is -2.21. The van der Waals surface area contributed by atoms with Crippen LogP contribution in [0.15, 0.2) is 63.2 Å². The number of nitrogens with two attached hydrogens (primary N) is 1. The van der Waals surface area contributed by atoms with Crippen molar-refractivity contribution in [1.82, 2.24) is 30.7 Å². The van der Waals surface area contributed by atoms with Crippen molar-refractivity contribution < 1.29 is 9.42 Å². The molecule has 0 fully saturated rings. The van der Waals surface area contributed by atoms with Gasteiger partial charge in [-0.2, -0.15) is 9.78 Å². The molecule has 0 spiro atoms. The molecule has 2 aromatic heterocycles. The van der Waals surface area contributed by atoms with E-state index in [9.17, 15) is 4.79 Å². The first-order valence-corrected chi connectivity index (χ1v) is 11.3. The highest BCUT2D eigenvalue weighted by Crippen LogP contribution is 2.27. The van der Waals surface area contributed by atoms with Gasteiger partial charge in [-0.25, -0.2) is 10.1 Å². The van der Waals surface area contributed by atoms with Crippen molar-refractivity contribution in [3.8, 4) is 5.82 Å². The Kier molecular flexibility index (Phi) is 5.80. The van der Waals surface area contributed by atoms with E-state index >= 15 is 0 Å². The van der Waals surface area contributed by atoms with E-state index in [4.69, 9.17) is 22.0 Å². The lowest BCUT2D eigenvalue weighted by atomic mass is 10.1. The fraction of sp³-hybridized carbons (Fsp3) is 0.143. The van der Waals surface area contributed by atoms with Crippen molar-refractivity contribution >= 4 is 40.8 Å². The number of anilines is 1. The fourth-order valence-electron chi connectivity index (χ4n) is 3.49. The van der Waals surface area contributed by atoms with Crippen LogP contribution in [0.3, 0.4) is 0 Å². The summed E-state index contributed by atoms with van der Waals surface area (Å²) in [6.45, 7) is 0. The third-order valence-electron chi connectivity index (χ3n) is 5.12. The Hall–Kier alpha value is -3.70. The highest BCUT2D eigenvalue weighted by atomic mass is 35.5. The average Bonchev–Trinajstić information content (AvgIpc) is 3.55. The fourth-order valence-corrected chi connectivity index (χ4v) is 4.51. The number of carbonyl (C=O) groups excluding carboxylic acids is 1. The topological polar surface area (TPSA) is 137 Å². The molecule has 2 heterocycles. The molecule has 1 aliphatic carbocycles. The maximum Gasteiger partial charge on any atom is 0.293 e. The molecule has 0 aliphatic heterocycles. The molecule has 1 amide bonds. The van der Waals surface area contributed by atoms with E-state index in [1.807, 2.05) is 30.3 Å². The number of aryl methyl sites for hydroxylation is 1. The van der Waals surface area contributed by atoms with Crippen molar-refractivity contribution in [3.63, 3.8) is 0 Å². The van der Waals surface area contributed by atoms with Crippen LogP contribution in [0, 0.1) is 0 Å². The lowest BCUT2D eigenvalue weighted by Gasteiger charge is -2.06. The highest BCUT2D eigenvalue weighted by molar-refractivity contribution is 7.98. The molecule has 0 radical (unpaired) electrons. The van der Waals surface area contributed by atoms with Crippen LogP contribution in [-0.2, 0) is 12.2 Å². The number of halogens is 1. The minimum Gasteiger partial charge on any atom is -0.378 e. The zero-order chi connectivity index (χ0) is 22.8. The van der Waals surface area contributed by atoms with E-state index in [0.717, 1.165) is 29.0 Å². The van der Waals surface area contributed by atoms with E-state index in [0.29, 0.717) is 16.5 Å². The predicted molar refractivity (Wildman–Crippen MR) is 123 cm³/mol. The molecule has 1 aliphatic rings. The number of nitrogen functional groups attached to an aromatic ring is 1. The van der Waals surface area contributed by atoms with E-state index in [1.165, 1.54) is 22.0 Å². The van der Waals surface area contributed by atoms with Gasteiger partial charge in [0.15, 0.2) is 5.69 Å². The molecular formula is C21H17ClN8O2S. The molecular weight excluding hydrogens is 464 g/mol. The molecule has 3 N–H and O–H groups in total. The number of fused-ring (bicyclic) bond motifs is 1. The summed E-state index contributed by atoms with van der Waals surface area (Å²) < 4.78 is 6.04. The largest absolute Gasteiger partial charge is 0.378 e. The first-order chi connectivity index (χ1) is 16.1. The predicted octanol–water partition coefficient (Wildman–Crippen LogP) is 3.26. The summed E-state index contributed by atoms with van der Waals surface area (Å²) in [6, 6.07) is 15.4. The molecule has 10 nitrogen and oxygen atoms in total. The van der Waals surface area contributed by atoms with E-state index in [2.05, 4.69) is 37.2 Å². The molecule has 0 saturated carbocycles. The van der Waals surface area contributed by atoms with Crippen molar-refractivity contribution in [1.29, 1.82) is 0 Å². The van der Waals surface area contributed by atoms with Gasteiger partial charge >= 0.3 is 0 Å². The zero-order valence-electron chi connectivity index (χ0n) is 17.1. The number of nitrogens with one attached hydrogen (secondary N) is 1. The number of hydrogen-bond donors (Lipinski definition) is 2. The van der Waals surface area contributed by atoms with Crippen LogP contribution in [0.2, 0.25) is 5.02 Å². The van der Waals surface area contributed by atoms with Crippen molar-refractivity contribution in [3.05, 3.63) is 76.1 Å². The second-order valence-electron chi connectivity index (χ2n) is 7.17. The third-order valence-corrected chi connectivity index (χ3v) is 6.39. The standard InChI is InChI=1S/C21H17ClN8O2S/c22-13-6-8-14(9-7-13)33-11-17-18(25-29-30(17)20-19(23)27-32-28-20)21(31)26-24-16-10-5-12-3-1-2-4-15(12)16/h1-4,6-9H,5,10-11H2,(H2,23,27)(H,26,31)/b24-16+. The Labute approximate surface area is 197 Å². The van der Waals surface area contributed by atoms with Crippen LogP contribution in [0.4, 0.5) is 5.82 Å². The second kappa shape index (κ2) is 9.04. The monoisotopic (exact) mass is 480 g/mol. The average molecular weight is 481 g/mol. The number of aromatic nitrogens is 5. The van der Waals surface area contributed by atoms with E-state index < -0.39 is 5.91 Å². The number of benzene rings is 2. The van der Waals surface area contributed by atoms with Gasteiger partial charge in [-0.15, -0.1) is 16.9 Å². The SMILES string of the molecule is Nc1nonc1-n1nnc(C(=O)N/N=C2\CCc3ccccc32)c1CSc1ccc(Cl)cc1. The first-order valence-electron chi connectivity index (χ1n) is 9.96. The van der Waals surface area contributed by atoms with Crippen molar-refractivity contribution in [2.75, 3.05) is 5.73 Å². The van der Waals surface area contributed by atoms with Crippen molar-refractivity contribution in [2.24, 2.45) is 5.10 Å². The van der Waals surface area contributed by atoms with E-state index in [-0.39, 0.29) is 17.3 Å². The summed E-state index contributed by atoms with van der Waals surface area (Å²) in [5.41, 5.74) is 12.1. The van der Waals surface area contributed by atoms with Crippen LogP contribution >= 0.6 is 23.4 Å².